The van der Waals surface area contributed by atoms with Crippen LogP contribution in [0.1, 0.15) is 30.9 Å². The van der Waals surface area contributed by atoms with E-state index in [1.807, 2.05) is 0 Å². The molecule has 2 aliphatic heterocycles. The molecule has 4 rings (SSSR count). The maximum Gasteiger partial charge on any atom is 0.341 e. The topological polar surface area (TPSA) is 56.1 Å². The largest absolute Gasteiger partial charge is 0.386 e. The maximum absolute atomic E-state index is 13.4. The second kappa shape index (κ2) is 4.99. The summed E-state index contributed by atoms with van der Waals surface area (Å²) in [5.41, 5.74) is -0.383. The molecule has 1 aliphatic carbocycles. The first kappa shape index (κ1) is 14.6. The quantitative estimate of drug-likeness (QED) is 0.908. The van der Waals surface area contributed by atoms with Gasteiger partial charge in [-0.1, -0.05) is 0 Å². The Labute approximate surface area is 132 Å². The number of hydrogen-bond donors (Lipinski definition) is 1. The molecule has 0 aromatic heterocycles. The molecule has 1 saturated carbocycles. The van der Waals surface area contributed by atoms with Crippen molar-refractivity contribution in [3.8, 4) is 0 Å². The van der Waals surface area contributed by atoms with Crippen molar-refractivity contribution in [3.05, 3.63) is 35.4 Å². The summed E-state index contributed by atoms with van der Waals surface area (Å²) < 4.78 is 26.8. The van der Waals surface area contributed by atoms with Crippen molar-refractivity contribution in [1.82, 2.24) is 9.91 Å². The predicted octanol–water partition coefficient (Wildman–Crippen LogP) is 2.27. The van der Waals surface area contributed by atoms with Crippen LogP contribution in [0.4, 0.5) is 13.6 Å². The van der Waals surface area contributed by atoms with Crippen molar-refractivity contribution in [2.45, 2.75) is 30.9 Å². The summed E-state index contributed by atoms with van der Waals surface area (Å²) in [6.45, 7) is 0.597. The summed E-state index contributed by atoms with van der Waals surface area (Å²) in [7, 11) is 0. The predicted molar refractivity (Wildman–Crippen MR) is 78.7 cm³/mol. The summed E-state index contributed by atoms with van der Waals surface area (Å²) in [5.74, 6) is -1.06. The van der Waals surface area contributed by atoms with Gasteiger partial charge in [0.1, 0.15) is 17.2 Å². The van der Waals surface area contributed by atoms with Crippen molar-refractivity contribution < 1.29 is 18.7 Å². The molecule has 1 aromatic rings. The first-order chi connectivity index (χ1) is 11.0. The van der Waals surface area contributed by atoms with Crippen LogP contribution in [0.15, 0.2) is 23.3 Å². The Kier molecular flexibility index (Phi) is 3.16. The Hall–Kier alpha value is -2.02. The van der Waals surface area contributed by atoms with E-state index >= 15 is 0 Å². The number of hydrazone groups is 1. The Balaban J connectivity index is 1.49. The first-order valence-corrected chi connectivity index (χ1v) is 7.75. The summed E-state index contributed by atoms with van der Waals surface area (Å²) in [6.07, 6.45) is 3.99. The molecule has 0 unspecified atom stereocenters. The molecule has 2 amide bonds. The van der Waals surface area contributed by atoms with Gasteiger partial charge < -0.3 is 10.0 Å². The van der Waals surface area contributed by atoms with Crippen LogP contribution in [-0.4, -0.2) is 46.0 Å². The average Bonchev–Trinajstić information content (AvgIpc) is 3.19. The van der Waals surface area contributed by atoms with Gasteiger partial charge in [0.25, 0.3) is 0 Å². The van der Waals surface area contributed by atoms with E-state index in [1.165, 1.54) is 22.0 Å². The number of hydrogen-bond acceptors (Lipinski definition) is 3. The lowest BCUT2D eigenvalue weighted by atomic mass is 9.89. The Morgan fingerprint density at radius 1 is 1.22 bits per heavy atom. The number of rotatable bonds is 2. The third-order valence-electron chi connectivity index (χ3n) is 4.83. The molecule has 1 aromatic carbocycles. The van der Waals surface area contributed by atoms with Crippen molar-refractivity contribution in [2.24, 2.45) is 11.0 Å². The molecule has 0 bridgehead atoms. The average molecular weight is 321 g/mol. The highest BCUT2D eigenvalue weighted by Crippen LogP contribution is 2.45. The lowest BCUT2D eigenvalue weighted by Crippen LogP contribution is -2.66. The van der Waals surface area contributed by atoms with Crippen molar-refractivity contribution >= 4 is 12.2 Å². The molecule has 0 radical (unpaired) electrons. The van der Waals surface area contributed by atoms with E-state index in [0.29, 0.717) is 31.0 Å². The fraction of sp³-hybridized carbons (Fsp3) is 0.500. The van der Waals surface area contributed by atoms with Gasteiger partial charge in [0, 0.05) is 18.7 Å². The minimum Gasteiger partial charge on any atom is -0.386 e. The number of halogens is 2. The van der Waals surface area contributed by atoms with Gasteiger partial charge in [-0.15, -0.1) is 0 Å². The van der Waals surface area contributed by atoms with Crippen LogP contribution < -0.4 is 0 Å². The number of nitrogens with zero attached hydrogens (tertiary/aromatic N) is 3. The smallest absolute Gasteiger partial charge is 0.341 e. The number of urea groups is 1. The second-order valence-corrected chi connectivity index (χ2v) is 6.61. The molecule has 122 valence electrons. The van der Waals surface area contributed by atoms with Crippen LogP contribution in [0.25, 0.3) is 0 Å². The first-order valence-electron chi connectivity index (χ1n) is 7.75. The fourth-order valence-corrected chi connectivity index (χ4v) is 3.42. The highest BCUT2D eigenvalue weighted by Gasteiger charge is 2.54. The Morgan fingerprint density at radius 3 is 2.48 bits per heavy atom. The van der Waals surface area contributed by atoms with E-state index in [4.69, 9.17) is 0 Å². The van der Waals surface area contributed by atoms with Gasteiger partial charge in [0.2, 0.25) is 0 Å². The van der Waals surface area contributed by atoms with Gasteiger partial charge >= 0.3 is 6.03 Å². The minimum absolute atomic E-state index is 0.293. The van der Waals surface area contributed by atoms with Crippen LogP contribution in [0.2, 0.25) is 0 Å². The van der Waals surface area contributed by atoms with E-state index in [-0.39, 0.29) is 6.03 Å². The third kappa shape index (κ3) is 2.49. The molecule has 3 aliphatic rings. The van der Waals surface area contributed by atoms with Gasteiger partial charge in [-0.2, -0.15) is 5.10 Å². The number of likely N-dealkylation sites (tertiary alicyclic amines) is 1. The van der Waals surface area contributed by atoms with Crippen molar-refractivity contribution in [2.75, 3.05) is 13.1 Å². The number of benzene rings is 1. The molecule has 5 nitrogen and oxygen atoms in total. The zero-order valence-electron chi connectivity index (χ0n) is 12.5. The molecule has 2 heterocycles. The summed E-state index contributed by atoms with van der Waals surface area (Å²) in [6, 6.07) is 2.40. The number of β-amino-alcohol motifs (C(OH)–C–C–N with tert-alkyl or cyclic N) is 1. The number of aliphatic hydroxyl groups is 1. The van der Waals surface area contributed by atoms with Crippen LogP contribution in [0.3, 0.4) is 0 Å². The number of amides is 2. The maximum atomic E-state index is 13.4. The van der Waals surface area contributed by atoms with Crippen molar-refractivity contribution in [1.29, 1.82) is 0 Å². The van der Waals surface area contributed by atoms with E-state index in [1.54, 1.807) is 6.21 Å². The lowest BCUT2D eigenvalue weighted by molar-refractivity contribution is -0.0973. The summed E-state index contributed by atoms with van der Waals surface area (Å²) in [4.78, 5) is 14.1. The molecule has 1 saturated heterocycles. The van der Waals surface area contributed by atoms with E-state index in [9.17, 15) is 18.7 Å². The number of carbonyl (C=O) groups excluding carboxylic acids is 1. The fourth-order valence-electron chi connectivity index (χ4n) is 3.42. The molecular weight excluding hydrogens is 304 g/mol. The van der Waals surface area contributed by atoms with Crippen LogP contribution in [-0.2, 0) is 0 Å². The molecule has 0 spiro atoms. The Bertz CT molecular complexity index is 664. The number of carbonyl (C=O) groups is 1. The highest BCUT2D eigenvalue weighted by molar-refractivity contribution is 5.79. The van der Waals surface area contributed by atoms with Crippen LogP contribution in [0, 0.1) is 17.6 Å². The second-order valence-electron chi connectivity index (χ2n) is 6.61. The monoisotopic (exact) mass is 321 g/mol. The third-order valence-corrected chi connectivity index (χ3v) is 4.83. The molecule has 1 N–H and O–H groups in total. The summed E-state index contributed by atoms with van der Waals surface area (Å²) >= 11 is 0. The summed E-state index contributed by atoms with van der Waals surface area (Å²) in [5, 5.41) is 15.6. The van der Waals surface area contributed by atoms with Gasteiger partial charge in [0.15, 0.2) is 0 Å². The van der Waals surface area contributed by atoms with Gasteiger partial charge in [-0.3, -0.25) is 0 Å². The van der Waals surface area contributed by atoms with E-state index in [0.717, 1.165) is 18.9 Å². The Morgan fingerprint density at radius 2 is 1.87 bits per heavy atom. The van der Waals surface area contributed by atoms with Crippen LogP contribution >= 0.6 is 0 Å². The standard InChI is InChI=1S/C16H17F2N3O2/c17-12-5-10(6-13(18)7-12)14-3-4-19-21(14)15(22)20-8-16(23,9-20)11-1-2-11/h4-7,11,14,23H,1-3,8-9H2/t14-/m0/s1. The molecule has 23 heavy (non-hydrogen) atoms. The van der Waals surface area contributed by atoms with Crippen molar-refractivity contribution in [3.63, 3.8) is 0 Å². The highest BCUT2D eigenvalue weighted by atomic mass is 19.1. The molecule has 2 fully saturated rings. The zero-order valence-corrected chi connectivity index (χ0v) is 12.5. The SMILES string of the molecule is O=C(N1CC(O)(C2CC2)C1)N1N=CC[C@H]1c1cc(F)cc(F)c1. The zero-order chi connectivity index (χ0) is 16.2. The lowest BCUT2D eigenvalue weighted by Gasteiger charge is -2.47. The van der Waals surface area contributed by atoms with E-state index in [2.05, 4.69) is 5.10 Å². The normalized spacial score (nSPS) is 25.6. The van der Waals surface area contributed by atoms with E-state index < -0.39 is 23.3 Å². The van der Waals surface area contributed by atoms with Crippen LogP contribution in [0.5, 0.6) is 0 Å². The van der Waals surface area contributed by atoms with Gasteiger partial charge in [-0.05, 0) is 36.5 Å². The molecule has 7 heteroatoms. The van der Waals surface area contributed by atoms with Gasteiger partial charge in [0.05, 0.1) is 19.1 Å². The molecule has 1 atom stereocenters. The van der Waals surface area contributed by atoms with Gasteiger partial charge in [-0.25, -0.2) is 18.6 Å². The molecular formula is C16H17F2N3O2. The minimum atomic E-state index is -0.764.